The Kier molecular flexibility index (Phi) is 6.30. The summed E-state index contributed by atoms with van der Waals surface area (Å²) in [7, 11) is 1.43. The molecule has 1 amide bonds. The number of rotatable bonds is 5. The minimum atomic E-state index is -0.136. The molecule has 0 aromatic heterocycles. The van der Waals surface area contributed by atoms with Gasteiger partial charge in [-0.15, -0.1) is 0 Å². The van der Waals surface area contributed by atoms with Gasteiger partial charge in [-0.3, -0.25) is 9.59 Å². The molecule has 0 radical (unpaired) electrons. The van der Waals surface area contributed by atoms with Crippen molar-refractivity contribution in [2.45, 2.75) is 57.4 Å². The summed E-state index contributed by atoms with van der Waals surface area (Å²) in [6.07, 6.45) is 7.42. The molecule has 0 saturated heterocycles. The average molecular weight is 358 g/mol. The maximum atomic E-state index is 12.6. The van der Waals surface area contributed by atoms with Crippen LogP contribution < -0.4 is 11.1 Å². The molecule has 1 atom stereocenters. The molecule has 1 saturated carbocycles. The van der Waals surface area contributed by atoms with Crippen LogP contribution in [0.2, 0.25) is 0 Å². The number of esters is 1. The molecular formula is C21H30N2O3. The lowest BCUT2D eigenvalue weighted by Crippen LogP contribution is -2.38. The quantitative estimate of drug-likeness (QED) is 0.793. The maximum Gasteiger partial charge on any atom is 0.305 e. The number of methoxy groups -OCH3 is 1. The second-order valence-electron chi connectivity index (χ2n) is 7.80. The highest BCUT2D eigenvalue weighted by atomic mass is 16.5. The van der Waals surface area contributed by atoms with Crippen LogP contribution in [0.25, 0.3) is 0 Å². The van der Waals surface area contributed by atoms with Crippen LogP contribution in [0.15, 0.2) is 18.2 Å². The van der Waals surface area contributed by atoms with Crippen molar-refractivity contribution >= 4 is 11.9 Å². The van der Waals surface area contributed by atoms with Crippen LogP contribution in [0.3, 0.4) is 0 Å². The number of fused-ring (bicyclic) bond motifs is 1. The molecule has 0 spiro atoms. The topological polar surface area (TPSA) is 81.4 Å². The van der Waals surface area contributed by atoms with Gasteiger partial charge in [0, 0.05) is 18.0 Å². The summed E-state index contributed by atoms with van der Waals surface area (Å²) in [5, 5.41) is 3.17. The van der Waals surface area contributed by atoms with Crippen LogP contribution in [0.1, 0.15) is 60.0 Å². The van der Waals surface area contributed by atoms with Crippen LogP contribution in [-0.4, -0.2) is 31.6 Å². The van der Waals surface area contributed by atoms with Gasteiger partial charge in [0.05, 0.1) is 7.11 Å². The van der Waals surface area contributed by atoms with Crippen molar-refractivity contribution in [1.29, 1.82) is 0 Å². The Morgan fingerprint density at radius 2 is 1.88 bits per heavy atom. The van der Waals surface area contributed by atoms with Gasteiger partial charge in [-0.25, -0.2) is 0 Å². The first-order valence-electron chi connectivity index (χ1n) is 9.78. The van der Waals surface area contributed by atoms with Gasteiger partial charge in [0.25, 0.3) is 5.91 Å². The summed E-state index contributed by atoms with van der Waals surface area (Å²) in [6.45, 7) is 0.736. The molecule has 26 heavy (non-hydrogen) atoms. The molecule has 5 nitrogen and oxygen atoms in total. The number of nitrogens with two attached hydrogens (primary N) is 1. The number of carbonyl (C=O) groups is 2. The lowest BCUT2D eigenvalue weighted by molar-refractivity contribution is -0.142. The second-order valence-corrected chi connectivity index (χ2v) is 7.80. The minimum Gasteiger partial charge on any atom is -0.469 e. The maximum absolute atomic E-state index is 12.6. The fourth-order valence-corrected chi connectivity index (χ4v) is 4.27. The number of aryl methyl sites for hydroxylation is 1. The van der Waals surface area contributed by atoms with Gasteiger partial charge in [-0.2, -0.15) is 0 Å². The third-order valence-corrected chi connectivity index (χ3v) is 6.00. The van der Waals surface area contributed by atoms with Crippen LogP contribution >= 0.6 is 0 Å². The van der Waals surface area contributed by atoms with Gasteiger partial charge in [-0.05, 0) is 86.6 Å². The van der Waals surface area contributed by atoms with Gasteiger partial charge in [-0.1, -0.05) is 6.07 Å². The van der Waals surface area contributed by atoms with Crippen molar-refractivity contribution in [3.8, 4) is 0 Å². The molecule has 1 aromatic carbocycles. The van der Waals surface area contributed by atoms with E-state index in [9.17, 15) is 9.59 Å². The molecule has 0 aliphatic heterocycles. The Morgan fingerprint density at radius 3 is 2.58 bits per heavy atom. The lowest BCUT2D eigenvalue weighted by Gasteiger charge is -2.29. The Labute approximate surface area is 155 Å². The van der Waals surface area contributed by atoms with E-state index in [-0.39, 0.29) is 17.9 Å². The van der Waals surface area contributed by atoms with E-state index in [1.54, 1.807) is 0 Å². The average Bonchev–Trinajstić information content (AvgIpc) is 2.68. The van der Waals surface area contributed by atoms with Gasteiger partial charge in [0.2, 0.25) is 0 Å². The van der Waals surface area contributed by atoms with E-state index in [4.69, 9.17) is 10.5 Å². The summed E-state index contributed by atoms with van der Waals surface area (Å²) in [5.74, 6) is 0.839. The summed E-state index contributed by atoms with van der Waals surface area (Å²) in [6, 6.07) is 6.30. The monoisotopic (exact) mass is 358 g/mol. The molecule has 0 heterocycles. The smallest absolute Gasteiger partial charge is 0.305 e. The number of benzene rings is 1. The predicted molar refractivity (Wildman–Crippen MR) is 101 cm³/mol. The normalized spacial score (nSPS) is 25.2. The zero-order chi connectivity index (χ0) is 18.5. The minimum absolute atomic E-state index is 0.0187. The summed E-state index contributed by atoms with van der Waals surface area (Å²) >= 11 is 0. The molecule has 3 N–H and O–H groups in total. The van der Waals surface area contributed by atoms with E-state index in [1.807, 2.05) is 6.07 Å². The standard InChI is InChI=1S/C21H30N2O3/c1-26-20(24)11-14-3-8-19(9-4-14)23-21(25)18-7-6-16-10-15(13-22)2-5-17(16)12-18/h6-7,12,14-15,19H,2-5,8-11,13,22H2,1H3,(H,23,25). The van der Waals surface area contributed by atoms with E-state index in [0.29, 0.717) is 18.3 Å². The first-order chi connectivity index (χ1) is 12.6. The highest BCUT2D eigenvalue weighted by Gasteiger charge is 2.25. The van der Waals surface area contributed by atoms with Gasteiger partial charge in [0.1, 0.15) is 0 Å². The largest absolute Gasteiger partial charge is 0.469 e. The summed E-state index contributed by atoms with van der Waals surface area (Å²) in [4.78, 5) is 24.0. The van der Waals surface area contributed by atoms with Gasteiger partial charge in [0.15, 0.2) is 0 Å². The SMILES string of the molecule is COC(=O)CC1CCC(NC(=O)c2ccc3c(c2)CCC(CN)C3)CC1. The highest BCUT2D eigenvalue weighted by molar-refractivity contribution is 5.94. The number of ether oxygens (including phenoxy) is 1. The van der Waals surface area contributed by atoms with Crippen molar-refractivity contribution in [1.82, 2.24) is 5.32 Å². The summed E-state index contributed by atoms with van der Waals surface area (Å²) in [5.41, 5.74) is 9.19. The van der Waals surface area contributed by atoms with Gasteiger partial charge >= 0.3 is 5.97 Å². The van der Waals surface area contributed by atoms with E-state index in [0.717, 1.165) is 57.1 Å². The van der Waals surface area contributed by atoms with Gasteiger partial charge < -0.3 is 15.8 Å². The predicted octanol–water partition coefficient (Wildman–Crippen LogP) is 2.60. The Morgan fingerprint density at radius 1 is 1.12 bits per heavy atom. The zero-order valence-electron chi connectivity index (χ0n) is 15.6. The van der Waals surface area contributed by atoms with Crippen molar-refractivity contribution < 1.29 is 14.3 Å². The molecule has 142 valence electrons. The molecule has 0 bridgehead atoms. The van der Waals surface area contributed by atoms with Crippen LogP contribution in [0.5, 0.6) is 0 Å². The van der Waals surface area contributed by atoms with E-state index in [2.05, 4.69) is 17.4 Å². The molecular weight excluding hydrogens is 328 g/mol. The lowest BCUT2D eigenvalue weighted by atomic mass is 9.83. The molecule has 5 heteroatoms. The van der Waals surface area contributed by atoms with Crippen molar-refractivity contribution in [3.63, 3.8) is 0 Å². The third-order valence-electron chi connectivity index (χ3n) is 6.00. The van der Waals surface area contributed by atoms with Crippen molar-refractivity contribution in [2.75, 3.05) is 13.7 Å². The Bertz CT molecular complexity index is 651. The van der Waals surface area contributed by atoms with Crippen molar-refractivity contribution in [2.24, 2.45) is 17.6 Å². The molecule has 1 fully saturated rings. The van der Waals surface area contributed by atoms with Crippen LogP contribution in [0, 0.1) is 11.8 Å². The third kappa shape index (κ3) is 4.64. The van der Waals surface area contributed by atoms with E-state index < -0.39 is 0 Å². The molecule has 3 rings (SSSR count). The fourth-order valence-electron chi connectivity index (χ4n) is 4.27. The van der Waals surface area contributed by atoms with Crippen molar-refractivity contribution in [3.05, 3.63) is 34.9 Å². The molecule has 2 aliphatic rings. The number of nitrogens with one attached hydrogen (secondary N) is 1. The highest BCUT2D eigenvalue weighted by Crippen LogP contribution is 2.28. The van der Waals surface area contributed by atoms with E-state index >= 15 is 0 Å². The zero-order valence-corrected chi connectivity index (χ0v) is 15.6. The first kappa shape index (κ1) is 18.9. The fraction of sp³-hybridized carbons (Fsp3) is 0.619. The first-order valence-corrected chi connectivity index (χ1v) is 9.78. The Hall–Kier alpha value is -1.88. The number of hydrogen-bond donors (Lipinski definition) is 2. The van der Waals surface area contributed by atoms with Crippen LogP contribution in [0.4, 0.5) is 0 Å². The number of amides is 1. The Balaban J connectivity index is 1.52. The van der Waals surface area contributed by atoms with E-state index in [1.165, 1.54) is 18.2 Å². The number of hydrogen-bond acceptors (Lipinski definition) is 4. The number of carbonyl (C=O) groups excluding carboxylic acids is 2. The van der Waals surface area contributed by atoms with Crippen LogP contribution in [-0.2, 0) is 22.4 Å². The second kappa shape index (κ2) is 8.67. The molecule has 2 aliphatic carbocycles. The summed E-state index contributed by atoms with van der Waals surface area (Å²) < 4.78 is 4.75. The molecule has 1 aromatic rings. The molecule has 1 unspecified atom stereocenters.